The van der Waals surface area contributed by atoms with Crippen LogP contribution in [0.3, 0.4) is 0 Å². The number of nitro benzene ring substituents is 1. The van der Waals surface area contributed by atoms with Gasteiger partial charge in [-0.05, 0) is 29.8 Å². The van der Waals surface area contributed by atoms with E-state index in [9.17, 15) is 10.1 Å². The van der Waals surface area contributed by atoms with Gasteiger partial charge in [0, 0.05) is 36.0 Å². The van der Waals surface area contributed by atoms with Gasteiger partial charge in [-0.2, -0.15) is 0 Å². The Morgan fingerprint density at radius 1 is 1.22 bits per heavy atom. The first-order valence-corrected chi connectivity index (χ1v) is 6.88. The van der Waals surface area contributed by atoms with Crippen LogP contribution in [0, 0.1) is 10.1 Å². The van der Waals surface area contributed by atoms with E-state index in [0.717, 1.165) is 16.5 Å². The number of nitrogens with zero attached hydrogens (tertiary/aromatic N) is 3. The number of fused-ring (bicyclic) bond motifs is 1. The highest BCUT2D eigenvalue weighted by Gasteiger charge is 2.05. The number of non-ortho nitro benzene ring substituents is 1. The van der Waals surface area contributed by atoms with Crippen LogP contribution in [-0.2, 0) is 0 Å². The normalized spacial score (nSPS) is 11.0. The van der Waals surface area contributed by atoms with Crippen LogP contribution in [0.4, 0.5) is 11.4 Å². The summed E-state index contributed by atoms with van der Waals surface area (Å²) in [5, 5.41) is 11.6. The van der Waals surface area contributed by atoms with E-state index in [-0.39, 0.29) is 5.69 Å². The molecule has 0 spiro atoms. The van der Waals surface area contributed by atoms with Crippen LogP contribution >= 0.6 is 0 Å². The first kappa shape index (κ1) is 14.6. The lowest BCUT2D eigenvalue weighted by atomic mass is 10.1. The third-order valence-corrected chi connectivity index (χ3v) is 3.35. The Hall–Kier alpha value is -3.28. The molecule has 0 atom stereocenters. The molecule has 1 heterocycles. The Morgan fingerprint density at radius 2 is 2.00 bits per heavy atom. The fourth-order valence-corrected chi connectivity index (χ4v) is 2.19. The molecule has 0 amide bonds. The molecule has 3 rings (SSSR count). The molecule has 0 fully saturated rings. The molecule has 0 aliphatic carbocycles. The molecule has 6 nitrogen and oxygen atoms in total. The smallest absolute Gasteiger partial charge is 0.269 e. The van der Waals surface area contributed by atoms with Crippen molar-refractivity contribution < 1.29 is 9.66 Å². The number of aliphatic imine (C=N–C) groups is 1. The van der Waals surface area contributed by atoms with Crippen molar-refractivity contribution in [3.05, 3.63) is 70.4 Å². The Bertz CT molecular complexity index is 889. The minimum atomic E-state index is -0.430. The fraction of sp³-hybridized carbons (Fsp3) is 0.0588. The molecule has 0 unspecified atom stereocenters. The second kappa shape index (κ2) is 6.23. The summed E-state index contributed by atoms with van der Waals surface area (Å²) >= 11 is 0. The monoisotopic (exact) mass is 307 g/mol. The number of benzene rings is 2. The van der Waals surface area contributed by atoms with Gasteiger partial charge in [-0.1, -0.05) is 6.07 Å². The Kier molecular flexibility index (Phi) is 3.97. The van der Waals surface area contributed by atoms with Crippen molar-refractivity contribution >= 4 is 28.5 Å². The van der Waals surface area contributed by atoms with Gasteiger partial charge in [-0.15, -0.1) is 0 Å². The van der Waals surface area contributed by atoms with Crippen molar-refractivity contribution in [3.8, 4) is 5.75 Å². The van der Waals surface area contributed by atoms with E-state index in [0.29, 0.717) is 11.4 Å². The summed E-state index contributed by atoms with van der Waals surface area (Å²) < 4.78 is 5.28. The Balaban J connectivity index is 1.98. The maximum Gasteiger partial charge on any atom is 0.269 e. The topological polar surface area (TPSA) is 77.6 Å². The van der Waals surface area contributed by atoms with Gasteiger partial charge in [0.15, 0.2) is 0 Å². The zero-order chi connectivity index (χ0) is 16.2. The molecule has 0 aliphatic rings. The van der Waals surface area contributed by atoms with Crippen LogP contribution in [0.2, 0.25) is 0 Å². The van der Waals surface area contributed by atoms with Gasteiger partial charge in [0.25, 0.3) is 5.69 Å². The molecule has 0 saturated heterocycles. The number of methoxy groups -OCH3 is 1. The predicted octanol–water partition coefficient (Wildman–Crippen LogP) is 3.90. The summed E-state index contributed by atoms with van der Waals surface area (Å²) in [6, 6.07) is 13.7. The first-order valence-electron chi connectivity index (χ1n) is 6.88. The third-order valence-electron chi connectivity index (χ3n) is 3.35. The molecule has 114 valence electrons. The zero-order valence-electron chi connectivity index (χ0n) is 12.3. The summed E-state index contributed by atoms with van der Waals surface area (Å²) in [6.45, 7) is 0. The van der Waals surface area contributed by atoms with Gasteiger partial charge in [0.05, 0.1) is 23.2 Å². The first-order chi connectivity index (χ1) is 11.2. The van der Waals surface area contributed by atoms with Gasteiger partial charge in [-0.3, -0.25) is 20.1 Å². The van der Waals surface area contributed by atoms with E-state index in [1.54, 1.807) is 37.7 Å². The lowest BCUT2D eigenvalue weighted by Crippen LogP contribution is -1.89. The summed E-state index contributed by atoms with van der Waals surface area (Å²) in [5.74, 6) is 0.696. The van der Waals surface area contributed by atoms with Gasteiger partial charge in [-0.25, -0.2) is 0 Å². The number of ether oxygens (including phenoxy) is 1. The second-order valence-electron chi connectivity index (χ2n) is 4.83. The Labute approximate surface area is 132 Å². The van der Waals surface area contributed by atoms with E-state index in [2.05, 4.69) is 9.98 Å². The van der Waals surface area contributed by atoms with E-state index < -0.39 is 4.92 Å². The molecule has 3 aromatic rings. The summed E-state index contributed by atoms with van der Waals surface area (Å²) in [5.41, 5.74) is 2.27. The van der Waals surface area contributed by atoms with Crippen molar-refractivity contribution in [2.75, 3.05) is 7.11 Å². The van der Waals surface area contributed by atoms with Crippen LogP contribution in [0.25, 0.3) is 10.9 Å². The largest absolute Gasteiger partial charge is 0.497 e. The van der Waals surface area contributed by atoms with E-state index in [4.69, 9.17) is 4.74 Å². The standard InChI is InChI=1S/C17H13N3O3/c1-23-15-9-13-3-2-8-18-17(13)16(10-15)19-11-12-4-6-14(7-5-12)20(21)22/h2-11H,1H3. The molecular weight excluding hydrogens is 294 g/mol. The number of pyridine rings is 1. The quantitative estimate of drug-likeness (QED) is 0.416. The van der Waals surface area contributed by atoms with Crippen LogP contribution in [0.15, 0.2) is 59.7 Å². The van der Waals surface area contributed by atoms with Crippen molar-refractivity contribution in [2.24, 2.45) is 4.99 Å². The molecule has 0 aliphatic heterocycles. The summed E-state index contributed by atoms with van der Waals surface area (Å²) in [4.78, 5) is 19.0. The average molecular weight is 307 g/mol. The lowest BCUT2D eigenvalue weighted by Gasteiger charge is -2.05. The van der Waals surface area contributed by atoms with Crippen LogP contribution in [0.1, 0.15) is 5.56 Å². The molecule has 0 saturated carbocycles. The van der Waals surface area contributed by atoms with Gasteiger partial charge < -0.3 is 4.74 Å². The van der Waals surface area contributed by atoms with E-state index in [1.165, 1.54) is 12.1 Å². The molecular formula is C17H13N3O3. The van der Waals surface area contributed by atoms with Crippen molar-refractivity contribution in [1.82, 2.24) is 4.98 Å². The van der Waals surface area contributed by atoms with Crippen LogP contribution < -0.4 is 4.74 Å². The average Bonchev–Trinajstić information content (AvgIpc) is 2.59. The van der Waals surface area contributed by atoms with Crippen LogP contribution in [-0.4, -0.2) is 23.2 Å². The molecule has 0 radical (unpaired) electrons. The van der Waals surface area contributed by atoms with E-state index in [1.807, 2.05) is 18.2 Å². The van der Waals surface area contributed by atoms with Gasteiger partial charge >= 0.3 is 0 Å². The number of aromatic nitrogens is 1. The van der Waals surface area contributed by atoms with Crippen LogP contribution in [0.5, 0.6) is 5.75 Å². The Morgan fingerprint density at radius 3 is 2.70 bits per heavy atom. The predicted molar refractivity (Wildman–Crippen MR) is 88.6 cm³/mol. The number of hydrogen-bond donors (Lipinski definition) is 0. The highest BCUT2D eigenvalue weighted by Crippen LogP contribution is 2.29. The molecule has 0 N–H and O–H groups in total. The van der Waals surface area contributed by atoms with Gasteiger partial charge in [0.1, 0.15) is 5.75 Å². The third kappa shape index (κ3) is 3.16. The number of rotatable bonds is 4. The van der Waals surface area contributed by atoms with Crippen molar-refractivity contribution in [2.45, 2.75) is 0 Å². The van der Waals surface area contributed by atoms with Crippen molar-refractivity contribution in [3.63, 3.8) is 0 Å². The minimum absolute atomic E-state index is 0.0515. The molecule has 6 heteroatoms. The SMILES string of the molecule is COc1cc(N=Cc2ccc([N+](=O)[O-])cc2)c2ncccc2c1. The minimum Gasteiger partial charge on any atom is -0.497 e. The van der Waals surface area contributed by atoms with Gasteiger partial charge in [0.2, 0.25) is 0 Å². The molecule has 23 heavy (non-hydrogen) atoms. The van der Waals surface area contributed by atoms with Crippen molar-refractivity contribution in [1.29, 1.82) is 0 Å². The summed E-state index contributed by atoms with van der Waals surface area (Å²) in [7, 11) is 1.60. The maximum absolute atomic E-state index is 10.7. The number of hydrogen-bond acceptors (Lipinski definition) is 5. The highest BCUT2D eigenvalue weighted by atomic mass is 16.6. The van der Waals surface area contributed by atoms with E-state index >= 15 is 0 Å². The lowest BCUT2D eigenvalue weighted by molar-refractivity contribution is -0.384. The molecule has 1 aromatic heterocycles. The zero-order valence-corrected chi connectivity index (χ0v) is 12.3. The molecule has 0 bridgehead atoms. The summed E-state index contributed by atoms with van der Waals surface area (Å²) in [6.07, 6.45) is 3.35. The fourth-order valence-electron chi connectivity index (χ4n) is 2.19. The molecule has 2 aromatic carbocycles. The maximum atomic E-state index is 10.7. The second-order valence-corrected chi connectivity index (χ2v) is 4.83. The highest BCUT2D eigenvalue weighted by molar-refractivity contribution is 5.93. The number of nitro groups is 1.